The van der Waals surface area contributed by atoms with E-state index in [1.54, 1.807) is 0 Å². The average Bonchev–Trinajstić information content (AvgIpc) is 2.11. The molecule has 0 aromatic carbocycles. The largest absolute Gasteiger partial charge is 0.314 e. The minimum absolute atomic E-state index is 0.593. The van der Waals surface area contributed by atoms with E-state index in [1.807, 2.05) is 0 Å². The fraction of sp³-hybridized carbons (Fsp3) is 1.00. The molecule has 2 nitrogen and oxygen atoms in total. The third-order valence-electron chi connectivity index (χ3n) is 3.02. The maximum Gasteiger partial charge on any atom is 0.0102 e. The van der Waals surface area contributed by atoms with Crippen molar-refractivity contribution in [2.45, 2.75) is 53.6 Å². The van der Waals surface area contributed by atoms with Crippen LogP contribution in [-0.2, 0) is 0 Å². The Morgan fingerprint density at radius 2 is 1.53 bits per heavy atom. The van der Waals surface area contributed by atoms with Gasteiger partial charge in [0.25, 0.3) is 0 Å². The highest BCUT2D eigenvalue weighted by Gasteiger charge is 2.17. The van der Waals surface area contributed by atoms with E-state index in [0.29, 0.717) is 18.0 Å². The molecule has 1 N–H and O–H groups in total. The predicted octanol–water partition coefficient (Wildman–Crippen LogP) is 2.60. The first-order valence-corrected chi connectivity index (χ1v) is 6.28. The number of rotatable bonds is 7. The van der Waals surface area contributed by atoms with Gasteiger partial charge in [-0.05, 0) is 32.4 Å². The fourth-order valence-corrected chi connectivity index (χ4v) is 1.77. The molecule has 0 saturated heterocycles. The van der Waals surface area contributed by atoms with Crippen molar-refractivity contribution in [3.05, 3.63) is 0 Å². The van der Waals surface area contributed by atoms with Crippen LogP contribution < -0.4 is 5.32 Å². The van der Waals surface area contributed by atoms with Crippen LogP contribution in [0, 0.1) is 11.8 Å². The third-order valence-corrected chi connectivity index (χ3v) is 3.02. The Hall–Kier alpha value is -0.0800. The minimum Gasteiger partial charge on any atom is -0.314 e. The van der Waals surface area contributed by atoms with Gasteiger partial charge in [0.15, 0.2) is 0 Å². The Morgan fingerprint density at radius 1 is 1.00 bits per heavy atom. The van der Waals surface area contributed by atoms with E-state index in [0.717, 1.165) is 12.5 Å². The summed E-state index contributed by atoms with van der Waals surface area (Å²) in [6, 6.07) is 1.24. The van der Waals surface area contributed by atoms with E-state index in [4.69, 9.17) is 0 Å². The van der Waals surface area contributed by atoms with Crippen LogP contribution in [0.25, 0.3) is 0 Å². The molecule has 0 aromatic rings. The Bertz CT molecular complexity index is 155. The molecule has 92 valence electrons. The number of hydrogen-bond donors (Lipinski definition) is 1. The van der Waals surface area contributed by atoms with Crippen LogP contribution in [0.4, 0.5) is 0 Å². The van der Waals surface area contributed by atoms with Crippen molar-refractivity contribution >= 4 is 0 Å². The molecule has 0 heterocycles. The lowest BCUT2D eigenvalue weighted by molar-refractivity contribution is 0.176. The molecule has 0 aliphatic rings. The summed E-state index contributed by atoms with van der Waals surface area (Å²) < 4.78 is 0. The van der Waals surface area contributed by atoms with Crippen LogP contribution in [-0.4, -0.2) is 37.1 Å². The lowest BCUT2D eigenvalue weighted by atomic mass is 10.0. The molecule has 0 spiro atoms. The van der Waals surface area contributed by atoms with E-state index < -0.39 is 0 Å². The molecule has 2 heteroatoms. The Labute approximate surface area is 96.4 Å². The molecular weight excluding hydrogens is 184 g/mol. The highest BCUT2D eigenvalue weighted by atomic mass is 15.1. The second-order valence-electron chi connectivity index (χ2n) is 5.61. The first kappa shape index (κ1) is 14.9. The highest BCUT2D eigenvalue weighted by molar-refractivity contribution is 4.73. The van der Waals surface area contributed by atoms with Gasteiger partial charge in [-0.25, -0.2) is 0 Å². The van der Waals surface area contributed by atoms with Crippen LogP contribution in [0.5, 0.6) is 0 Å². The van der Waals surface area contributed by atoms with Gasteiger partial charge in [-0.15, -0.1) is 0 Å². The van der Waals surface area contributed by atoms with Crippen molar-refractivity contribution < 1.29 is 0 Å². The van der Waals surface area contributed by atoms with Crippen LogP contribution >= 0.6 is 0 Å². The molecule has 0 rings (SSSR count). The Balaban J connectivity index is 3.90. The monoisotopic (exact) mass is 214 g/mol. The molecular formula is C13H30N2. The third kappa shape index (κ3) is 6.91. The molecule has 0 aromatic heterocycles. The van der Waals surface area contributed by atoms with Crippen molar-refractivity contribution in [1.29, 1.82) is 0 Å². The van der Waals surface area contributed by atoms with Gasteiger partial charge in [0.1, 0.15) is 0 Å². The van der Waals surface area contributed by atoms with Gasteiger partial charge in [-0.2, -0.15) is 0 Å². The van der Waals surface area contributed by atoms with Crippen LogP contribution in [0.2, 0.25) is 0 Å². The summed E-state index contributed by atoms with van der Waals surface area (Å²) in [6.45, 7) is 15.9. The van der Waals surface area contributed by atoms with Crippen molar-refractivity contribution in [2.75, 3.05) is 20.1 Å². The van der Waals surface area contributed by atoms with E-state index in [-0.39, 0.29) is 0 Å². The predicted molar refractivity (Wildman–Crippen MR) is 69.2 cm³/mol. The summed E-state index contributed by atoms with van der Waals surface area (Å²) in [7, 11) is 2.23. The maximum atomic E-state index is 3.51. The smallest absolute Gasteiger partial charge is 0.0102 e. The van der Waals surface area contributed by atoms with E-state index >= 15 is 0 Å². The SMILES string of the molecule is CC(C)CN(C)C(C)C(C)CNC(C)C. The zero-order valence-electron chi connectivity index (χ0n) is 11.7. The Morgan fingerprint density at radius 3 is 1.93 bits per heavy atom. The van der Waals surface area contributed by atoms with Gasteiger partial charge in [0, 0.05) is 18.6 Å². The van der Waals surface area contributed by atoms with Crippen LogP contribution in [0.15, 0.2) is 0 Å². The number of nitrogens with one attached hydrogen (secondary N) is 1. The number of nitrogens with zero attached hydrogens (tertiary/aromatic N) is 1. The summed E-state index contributed by atoms with van der Waals surface area (Å²) >= 11 is 0. The molecule has 0 fully saturated rings. The summed E-state index contributed by atoms with van der Waals surface area (Å²) in [4.78, 5) is 2.47. The zero-order valence-corrected chi connectivity index (χ0v) is 11.7. The van der Waals surface area contributed by atoms with Gasteiger partial charge in [-0.1, -0.05) is 34.6 Å². The molecule has 15 heavy (non-hydrogen) atoms. The molecule has 0 bridgehead atoms. The molecule has 0 saturated carbocycles. The summed E-state index contributed by atoms with van der Waals surface area (Å²) in [5, 5.41) is 3.51. The van der Waals surface area contributed by atoms with Gasteiger partial charge in [0.05, 0.1) is 0 Å². The first-order chi connectivity index (χ1) is 6.84. The topological polar surface area (TPSA) is 15.3 Å². The summed E-state index contributed by atoms with van der Waals surface area (Å²) in [5.41, 5.74) is 0. The molecule has 2 atom stereocenters. The van der Waals surface area contributed by atoms with Crippen molar-refractivity contribution in [3.63, 3.8) is 0 Å². The second kappa shape index (κ2) is 7.24. The fourth-order valence-electron chi connectivity index (χ4n) is 1.77. The lowest BCUT2D eigenvalue weighted by Gasteiger charge is -2.31. The van der Waals surface area contributed by atoms with Gasteiger partial charge < -0.3 is 10.2 Å². The minimum atomic E-state index is 0.593. The average molecular weight is 214 g/mol. The molecule has 0 amide bonds. The quantitative estimate of drug-likeness (QED) is 0.701. The number of hydrogen-bond acceptors (Lipinski definition) is 2. The normalized spacial score (nSPS) is 16.4. The summed E-state index contributed by atoms with van der Waals surface area (Å²) in [5.74, 6) is 1.46. The van der Waals surface area contributed by atoms with E-state index in [1.165, 1.54) is 6.54 Å². The van der Waals surface area contributed by atoms with Gasteiger partial charge >= 0.3 is 0 Å². The zero-order chi connectivity index (χ0) is 12.0. The van der Waals surface area contributed by atoms with Gasteiger partial charge in [-0.3, -0.25) is 0 Å². The summed E-state index contributed by atoms with van der Waals surface area (Å²) in [6.07, 6.45) is 0. The first-order valence-electron chi connectivity index (χ1n) is 6.28. The maximum absolute atomic E-state index is 3.51. The highest BCUT2D eigenvalue weighted by Crippen LogP contribution is 2.10. The van der Waals surface area contributed by atoms with Crippen LogP contribution in [0.1, 0.15) is 41.5 Å². The lowest BCUT2D eigenvalue weighted by Crippen LogP contribution is -2.41. The van der Waals surface area contributed by atoms with Crippen LogP contribution in [0.3, 0.4) is 0 Å². The van der Waals surface area contributed by atoms with E-state index in [2.05, 4.69) is 58.8 Å². The molecule has 0 aliphatic heterocycles. The van der Waals surface area contributed by atoms with E-state index in [9.17, 15) is 0 Å². The van der Waals surface area contributed by atoms with Crippen molar-refractivity contribution in [1.82, 2.24) is 10.2 Å². The second-order valence-corrected chi connectivity index (χ2v) is 5.61. The van der Waals surface area contributed by atoms with Crippen molar-refractivity contribution in [3.8, 4) is 0 Å². The van der Waals surface area contributed by atoms with Crippen molar-refractivity contribution in [2.24, 2.45) is 11.8 Å². The Kier molecular flexibility index (Phi) is 7.20. The van der Waals surface area contributed by atoms with Gasteiger partial charge in [0.2, 0.25) is 0 Å². The molecule has 2 unspecified atom stereocenters. The standard InChI is InChI=1S/C13H30N2/c1-10(2)9-15(7)13(6)12(5)8-14-11(3)4/h10-14H,8-9H2,1-7H3. The molecule has 0 aliphatic carbocycles. The molecule has 0 radical (unpaired) electrons.